The Hall–Kier alpha value is -1.62. The van der Waals surface area contributed by atoms with E-state index in [2.05, 4.69) is 10.3 Å². The van der Waals surface area contributed by atoms with Gasteiger partial charge in [-0.15, -0.1) is 0 Å². The van der Waals surface area contributed by atoms with Crippen molar-refractivity contribution in [1.29, 1.82) is 0 Å². The molecule has 0 spiro atoms. The number of hydrogen-bond acceptors (Lipinski definition) is 5. The minimum absolute atomic E-state index is 0.251. The van der Waals surface area contributed by atoms with Crippen molar-refractivity contribution in [3.8, 4) is 0 Å². The molecule has 0 unspecified atom stereocenters. The number of nitrogens with one attached hydrogen (secondary N) is 1. The molecule has 1 fully saturated rings. The number of aromatic nitrogens is 1. The molecule has 5 heteroatoms. The third-order valence-corrected chi connectivity index (χ3v) is 4.94. The highest BCUT2D eigenvalue weighted by atomic mass is 32.1. The summed E-state index contributed by atoms with van der Waals surface area (Å²) in [7, 11) is 0. The molecule has 0 radical (unpaired) electrons. The third kappa shape index (κ3) is 3.58. The largest absolute Gasteiger partial charge is 0.462 e. The molecule has 0 bridgehead atoms. The van der Waals surface area contributed by atoms with Crippen LogP contribution in [-0.4, -0.2) is 23.6 Å². The van der Waals surface area contributed by atoms with Gasteiger partial charge in [-0.05, 0) is 37.5 Å². The van der Waals surface area contributed by atoms with Crippen molar-refractivity contribution in [2.24, 2.45) is 0 Å². The molecule has 118 valence electrons. The minimum Gasteiger partial charge on any atom is -0.462 e. The first kappa shape index (κ1) is 15.3. The predicted molar refractivity (Wildman–Crippen MR) is 90.7 cm³/mol. The molecule has 0 amide bonds. The average Bonchev–Trinajstić information content (AvgIpc) is 2.94. The minimum atomic E-state index is -0.251. The fourth-order valence-electron chi connectivity index (χ4n) is 2.81. The third-order valence-electron chi connectivity index (χ3n) is 3.99. The number of anilines is 1. The van der Waals surface area contributed by atoms with E-state index < -0.39 is 0 Å². The summed E-state index contributed by atoms with van der Waals surface area (Å²) < 4.78 is 6.22. The van der Waals surface area contributed by atoms with Crippen LogP contribution in [0, 0.1) is 0 Å². The zero-order chi connectivity index (χ0) is 15.4. The molecule has 1 N–H and O–H groups in total. The predicted octanol–water partition coefficient (Wildman–Crippen LogP) is 4.61. The number of carbonyl (C=O) groups excluding carboxylic acids is 1. The molecule has 3 rings (SSSR count). The number of ether oxygens (including phenoxy) is 1. The summed E-state index contributed by atoms with van der Waals surface area (Å²) in [5.74, 6) is -0.251. The molecule has 0 atom stereocenters. The van der Waals surface area contributed by atoms with Crippen LogP contribution in [0.3, 0.4) is 0 Å². The van der Waals surface area contributed by atoms with Crippen LogP contribution in [0.4, 0.5) is 5.13 Å². The Morgan fingerprint density at radius 2 is 2.18 bits per heavy atom. The highest BCUT2D eigenvalue weighted by molar-refractivity contribution is 7.22. The Balaban J connectivity index is 1.73. The van der Waals surface area contributed by atoms with E-state index in [9.17, 15) is 4.79 Å². The van der Waals surface area contributed by atoms with Gasteiger partial charge in [-0.25, -0.2) is 9.78 Å². The second-order valence-corrected chi connectivity index (χ2v) is 6.85. The van der Waals surface area contributed by atoms with E-state index in [1.165, 1.54) is 32.1 Å². The van der Waals surface area contributed by atoms with E-state index in [0.717, 1.165) is 21.8 Å². The molecule has 1 saturated carbocycles. The monoisotopic (exact) mass is 318 g/mol. The van der Waals surface area contributed by atoms with Crippen LogP contribution in [-0.2, 0) is 4.74 Å². The van der Waals surface area contributed by atoms with Crippen LogP contribution < -0.4 is 5.32 Å². The van der Waals surface area contributed by atoms with Crippen LogP contribution in [0.25, 0.3) is 10.2 Å². The van der Waals surface area contributed by atoms with Gasteiger partial charge in [0.15, 0.2) is 5.13 Å². The highest BCUT2D eigenvalue weighted by Gasteiger charge is 2.15. The fourth-order valence-corrected chi connectivity index (χ4v) is 3.80. The van der Waals surface area contributed by atoms with E-state index in [4.69, 9.17) is 4.74 Å². The van der Waals surface area contributed by atoms with E-state index >= 15 is 0 Å². The SMILES string of the molecule is CCCOC(=O)c1ccc2nc(NC3CCCCC3)sc2c1. The molecule has 1 aromatic heterocycles. The number of esters is 1. The summed E-state index contributed by atoms with van der Waals surface area (Å²) in [6, 6.07) is 6.13. The van der Waals surface area contributed by atoms with Crippen molar-refractivity contribution >= 4 is 32.7 Å². The number of hydrogen-bond donors (Lipinski definition) is 1. The van der Waals surface area contributed by atoms with Gasteiger partial charge in [-0.2, -0.15) is 0 Å². The Kier molecular flexibility index (Phi) is 4.93. The molecule has 1 aliphatic carbocycles. The van der Waals surface area contributed by atoms with Crippen molar-refractivity contribution in [3.63, 3.8) is 0 Å². The van der Waals surface area contributed by atoms with Gasteiger partial charge in [0.05, 0.1) is 22.4 Å². The molecule has 4 nitrogen and oxygen atoms in total. The summed E-state index contributed by atoms with van der Waals surface area (Å²) in [6.45, 7) is 2.46. The topological polar surface area (TPSA) is 51.2 Å². The summed E-state index contributed by atoms with van der Waals surface area (Å²) in [5, 5.41) is 4.50. The van der Waals surface area contributed by atoms with E-state index in [1.807, 2.05) is 19.1 Å². The zero-order valence-corrected chi connectivity index (χ0v) is 13.7. The van der Waals surface area contributed by atoms with Crippen molar-refractivity contribution in [2.45, 2.75) is 51.5 Å². The lowest BCUT2D eigenvalue weighted by Gasteiger charge is -2.22. The molecular weight excluding hydrogens is 296 g/mol. The molecule has 22 heavy (non-hydrogen) atoms. The Morgan fingerprint density at radius 3 is 2.95 bits per heavy atom. The Labute approximate surface area is 134 Å². The van der Waals surface area contributed by atoms with Gasteiger partial charge in [0.1, 0.15) is 0 Å². The molecule has 0 aliphatic heterocycles. The normalized spacial score (nSPS) is 15.9. The maximum Gasteiger partial charge on any atom is 0.338 e. The summed E-state index contributed by atoms with van der Waals surface area (Å²) in [4.78, 5) is 16.5. The maximum absolute atomic E-state index is 11.9. The second-order valence-electron chi connectivity index (χ2n) is 5.82. The lowest BCUT2D eigenvalue weighted by atomic mass is 9.96. The Morgan fingerprint density at radius 1 is 1.36 bits per heavy atom. The van der Waals surface area contributed by atoms with Crippen LogP contribution in [0.1, 0.15) is 55.8 Å². The fraction of sp³-hybridized carbons (Fsp3) is 0.529. The summed E-state index contributed by atoms with van der Waals surface area (Å²) in [5.41, 5.74) is 1.55. The van der Waals surface area contributed by atoms with Gasteiger partial charge in [-0.3, -0.25) is 0 Å². The maximum atomic E-state index is 11.9. The van der Waals surface area contributed by atoms with Crippen molar-refractivity contribution in [1.82, 2.24) is 4.98 Å². The van der Waals surface area contributed by atoms with Crippen LogP contribution in [0.2, 0.25) is 0 Å². The first-order chi connectivity index (χ1) is 10.8. The van der Waals surface area contributed by atoms with Gasteiger partial charge in [-0.1, -0.05) is 37.5 Å². The number of carbonyl (C=O) groups is 1. The number of benzene rings is 1. The van der Waals surface area contributed by atoms with E-state index in [0.29, 0.717) is 18.2 Å². The van der Waals surface area contributed by atoms with Gasteiger partial charge in [0.2, 0.25) is 0 Å². The molecule has 1 heterocycles. The first-order valence-corrected chi connectivity index (χ1v) is 8.92. The summed E-state index contributed by atoms with van der Waals surface area (Å²) in [6.07, 6.45) is 7.24. The number of nitrogens with zero attached hydrogens (tertiary/aromatic N) is 1. The van der Waals surface area contributed by atoms with Gasteiger partial charge < -0.3 is 10.1 Å². The van der Waals surface area contributed by atoms with Crippen molar-refractivity contribution in [2.75, 3.05) is 11.9 Å². The van der Waals surface area contributed by atoms with Crippen LogP contribution >= 0.6 is 11.3 Å². The average molecular weight is 318 g/mol. The smallest absolute Gasteiger partial charge is 0.338 e. The standard InChI is InChI=1S/C17H22N2O2S/c1-2-10-21-16(20)12-8-9-14-15(11-12)22-17(19-14)18-13-6-4-3-5-7-13/h8-9,11,13H,2-7,10H2,1H3,(H,18,19). The molecule has 0 saturated heterocycles. The number of thiazole rings is 1. The number of fused-ring (bicyclic) bond motifs is 1. The highest BCUT2D eigenvalue weighted by Crippen LogP contribution is 2.29. The summed E-state index contributed by atoms with van der Waals surface area (Å²) >= 11 is 1.62. The van der Waals surface area contributed by atoms with Crippen LogP contribution in [0.5, 0.6) is 0 Å². The van der Waals surface area contributed by atoms with Crippen molar-refractivity contribution in [3.05, 3.63) is 23.8 Å². The Bertz CT molecular complexity index is 647. The molecular formula is C17H22N2O2S. The van der Waals surface area contributed by atoms with E-state index in [-0.39, 0.29) is 5.97 Å². The van der Waals surface area contributed by atoms with Gasteiger partial charge >= 0.3 is 5.97 Å². The lowest BCUT2D eigenvalue weighted by Crippen LogP contribution is -2.21. The first-order valence-electron chi connectivity index (χ1n) is 8.10. The zero-order valence-electron chi connectivity index (χ0n) is 12.9. The van der Waals surface area contributed by atoms with Crippen molar-refractivity contribution < 1.29 is 9.53 Å². The second kappa shape index (κ2) is 7.09. The number of rotatable bonds is 5. The van der Waals surface area contributed by atoms with Crippen LogP contribution in [0.15, 0.2) is 18.2 Å². The van der Waals surface area contributed by atoms with E-state index in [1.54, 1.807) is 17.4 Å². The quantitative estimate of drug-likeness (QED) is 0.818. The van der Waals surface area contributed by atoms with Gasteiger partial charge in [0, 0.05) is 6.04 Å². The lowest BCUT2D eigenvalue weighted by molar-refractivity contribution is 0.0505. The van der Waals surface area contributed by atoms with Gasteiger partial charge in [0.25, 0.3) is 0 Å². The molecule has 1 aromatic carbocycles. The molecule has 1 aliphatic rings. The molecule has 2 aromatic rings.